The molecule has 0 aliphatic carbocycles. The summed E-state index contributed by atoms with van der Waals surface area (Å²) >= 11 is 0. The second kappa shape index (κ2) is 7.28. The molecule has 0 bridgehead atoms. The molecule has 1 aromatic heterocycles. The van der Waals surface area contributed by atoms with Crippen LogP contribution in [0.3, 0.4) is 0 Å². The summed E-state index contributed by atoms with van der Waals surface area (Å²) in [6, 6.07) is 2.39. The molecule has 106 valence electrons. The Bertz CT molecular complexity index is 379. The van der Waals surface area contributed by atoms with Crippen LogP contribution in [-0.4, -0.2) is 47.2 Å². The first-order chi connectivity index (χ1) is 9.29. The fourth-order valence-corrected chi connectivity index (χ4v) is 2.40. The van der Waals surface area contributed by atoms with Gasteiger partial charge >= 0.3 is 0 Å². The van der Waals surface area contributed by atoms with Gasteiger partial charge in [0, 0.05) is 18.7 Å². The predicted molar refractivity (Wildman–Crippen MR) is 76.6 cm³/mol. The van der Waals surface area contributed by atoms with Gasteiger partial charge in [0.05, 0.1) is 6.61 Å². The average Bonchev–Trinajstić information content (AvgIpc) is 2.46. The molecule has 5 heteroatoms. The number of hydrogen-bond donors (Lipinski definition) is 1. The maximum Gasteiger partial charge on any atom is 0.218 e. The smallest absolute Gasteiger partial charge is 0.218 e. The first kappa shape index (κ1) is 14.1. The maximum absolute atomic E-state index is 5.37. The van der Waals surface area contributed by atoms with Gasteiger partial charge in [-0.05, 0) is 39.8 Å². The van der Waals surface area contributed by atoms with E-state index in [-0.39, 0.29) is 0 Å². The van der Waals surface area contributed by atoms with Crippen molar-refractivity contribution in [2.24, 2.45) is 0 Å². The Morgan fingerprint density at radius 1 is 1.32 bits per heavy atom. The number of ether oxygens (including phenoxy) is 1. The zero-order valence-corrected chi connectivity index (χ0v) is 11.9. The molecule has 1 atom stereocenters. The molecule has 2 heterocycles. The molecule has 1 saturated heterocycles. The summed E-state index contributed by atoms with van der Waals surface area (Å²) in [5.74, 6) is 1.47. The predicted octanol–water partition coefficient (Wildman–Crippen LogP) is 2.16. The molecule has 2 rings (SSSR count). The molecule has 1 aliphatic heterocycles. The summed E-state index contributed by atoms with van der Waals surface area (Å²) in [6.07, 6.45) is 5.57. The summed E-state index contributed by atoms with van der Waals surface area (Å²) in [7, 11) is 0. The topological polar surface area (TPSA) is 50.3 Å². The van der Waals surface area contributed by atoms with Crippen molar-refractivity contribution in [3.63, 3.8) is 0 Å². The molecule has 0 amide bonds. The van der Waals surface area contributed by atoms with Gasteiger partial charge in [-0.3, -0.25) is 4.90 Å². The van der Waals surface area contributed by atoms with Gasteiger partial charge in [0.15, 0.2) is 0 Å². The summed E-state index contributed by atoms with van der Waals surface area (Å²) in [4.78, 5) is 10.8. The van der Waals surface area contributed by atoms with Crippen molar-refractivity contribution in [2.45, 2.75) is 39.2 Å². The molecule has 5 nitrogen and oxygen atoms in total. The Labute approximate surface area is 115 Å². The van der Waals surface area contributed by atoms with Crippen LogP contribution in [0.25, 0.3) is 0 Å². The van der Waals surface area contributed by atoms with Crippen LogP contribution in [0.15, 0.2) is 12.4 Å². The second-order valence-electron chi connectivity index (χ2n) is 5.00. The molecule has 0 spiro atoms. The standard InChI is InChI=1S/C14H24N4O/c1-3-19-14-9-13(16-11-17-14)15-10-12(2)18-7-5-4-6-8-18/h9,11-12H,3-8,10H2,1-2H3,(H,15,16,17). The van der Waals surface area contributed by atoms with E-state index in [0.29, 0.717) is 18.5 Å². The van der Waals surface area contributed by atoms with Crippen molar-refractivity contribution >= 4 is 5.82 Å². The number of likely N-dealkylation sites (tertiary alicyclic amines) is 1. The molecular weight excluding hydrogens is 240 g/mol. The third-order valence-electron chi connectivity index (χ3n) is 3.53. The van der Waals surface area contributed by atoms with E-state index < -0.39 is 0 Å². The Kier molecular flexibility index (Phi) is 5.39. The monoisotopic (exact) mass is 264 g/mol. The SMILES string of the molecule is CCOc1cc(NCC(C)N2CCCCC2)ncn1. The van der Waals surface area contributed by atoms with Crippen molar-refractivity contribution in [2.75, 3.05) is 31.6 Å². The van der Waals surface area contributed by atoms with Crippen LogP contribution in [0.5, 0.6) is 5.88 Å². The zero-order valence-electron chi connectivity index (χ0n) is 11.9. The van der Waals surface area contributed by atoms with E-state index in [4.69, 9.17) is 4.74 Å². The van der Waals surface area contributed by atoms with E-state index in [0.717, 1.165) is 12.4 Å². The van der Waals surface area contributed by atoms with Crippen molar-refractivity contribution in [1.29, 1.82) is 0 Å². The highest BCUT2D eigenvalue weighted by Crippen LogP contribution is 2.14. The fourth-order valence-electron chi connectivity index (χ4n) is 2.40. The van der Waals surface area contributed by atoms with Crippen LogP contribution in [0, 0.1) is 0 Å². The Morgan fingerprint density at radius 2 is 2.11 bits per heavy atom. The van der Waals surface area contributed by atoms with E-state index >= 15 is 0 Å². The molecule has 1 unspecified atom stereocenters. The molecule has 0 aromatic carbocycles. The van der Waals surface area contributed by atoms with Crippen molar-refractivity contribution < 1.29 is 4.74 Å². The molecule has 1 aliphatic rings. The van der Waals surface area contributed by atoms with Gasteiger partial charge in [0.25, 0.3) is 0 Å². The summed E-state index contributed by atoms with van der Waals surface area (Å²) in [5.41, 5.74) is 0. The first-order valence-corrected chi connectivity index (χ1v) is 7.22. The van der Waals surface area contributed by atoms with Gasteiger partial charge < -0.3 is 10.1 Å². The van der Waals surface area contributed by atoms with Gasteiger partial charge in [0.2, 0.25) is 5.88 Å². The Hall–Kier alpha value is -1.36. The van der Waals surface area contributed by atoms with Crippen molar-refractivity contribution in [3.05, 3.63) is 12.4 Å². The van der Waals surface area contributed by atoms with Crippen LogP contribution in [0.4, 0.5) is 5.82 Å². The number of aromatic nitrogens is 2. The van der Waals surface area contributed by atoms with E-state index in [1.807, 2.05) is 13.0 Å². The summed E-state index contributed by atoms with van der Waals surface area (Å²) in [5, 5.41) is 3.37. The Balaban J connectivity index is 1.82. The number of rotatable bonds is 6. The van der Waals surface area contributed by atoms with E-state index in [1.54, 1.807) is 6.33 Å². The van der Waals surface area contributed by atoms with E-state index in [2.05, 4.69) is 27.1 Å². The van der Waals surface area contributed by atoms with Crippen LogP contribution in [0.2, 0.25) is 0 Å². The van der Waals surface area contributed by atoms with Gasteiger partial charge in [-0.15, -0.1) is 0 Å². The van der Waals surface area contributed by atoms with Crippen LogP contribution in [-0.2, 0) is 0 Å². The minimum absolute atomic E-state index is 0.533. The fraction of sp³-hybridized carbons (Fsp3) is 0.714. The van der Waals surface area contributed by atoms with Crippen LogP contribution < -0.4 is 10.1 Å². The van der Waals surface area contributed by atoms with Crippen molar-refractivity contribution in [1.82, 2.24) is 14.9 Å². The summed E-state index contributed by atoms with van der Waals surface area (Å²) < 4.78 is 5.37. The molecule has 0 radical (unpaired) electrons. The lowest BCUT2D eigenvalue weighted by molar-refractivity contribution is 0.180. The lowest BCUT2D eigenvalue weighted by Gasteiger charge is -2.32. The lowest BCUT2D eigenvalue weighted by atomic mass is 10.1. The maximum atomic E-state index is 5.37. The van der Waals surface area contributed by atoms with E-state index in [9.17, 15) is 0 Å². The quantitative estimate of drug-likeness (QED) is 0.853. The lowest BCUT2D eigenvalue weighted by Crippen LogP contribution is -2.41. The van der Waals surface area contributed by atoms with Gasteiger partial charge in [-0.25, -0.2) is 9.97 Å². The van der Waals surface area contributed by atoms with Gasteiger partial charge in [-0.1, -0.05) is 6.42 Å². The molecule has 19 heavy (non-hydrogen) atoms. The number of piperidine rings is 1. The zero-order chi connectivity index (χ0) is 13.5. The minimum atomic E-state index is 0.533. The molecule has 1 N–H and O–H groups in total. The molecule has 1 aromatic rings. The van der Waals surface area contributed by atoms with Gasteiger partial charge in [0.1, 0.15) is 12.1 Å². The first-order valence-electron chi connectivity index (χ1n) is 7.22. The average molecular weight is 264 g/mol. The second-order valence-corrected chi connectivity index (χ2v) is 5.00. The largest absolute Gasteiger partial charge is 0.478 e. The highest BCUT2D eigenvalue weighted by atomic mass is 16.5. The van der Waals surface area contributed by atoms with Crippen LogP contribution in [0.1, 0.15) is 33.1 Å². The van der Waals surface area contributed by atoms with Gasteiger partial charge in [-0.2, -0.15) is 0 Å². The Morgan fingerprint density at radius 3 is 2.84 bits per heavy atom. The number of nitrogens with one attached hydrogen (secondary N) is 1. The molecule has 0 saturated carbocycles. The third kappa shape index (κ3) is 4.35. The molecule has 1 fully saturated rings. The number of nitrogens with zero attached hydrogens (tertiary/aromatic N) is 3. The molecular formula is C14H24N4O. The normalized spacial score (nSPS) is 18.0. The third-order valence-corrected chi connectivity index (χ3v) is 3.53. The number of hydrogen-bond acceptors (Lipinski definition) is 5. The highest BCUT2D eigenvalue weighted by molar-refractivity contribution is 5.37. The highest BCUT2D eigenvalue weighted by Gasteiger charge is 2.16. The minimum Gasteiger partial charge on any atom is -0.478 e. The summed E-state index contributed by atoms with van der Waals surface area (Å²) in [6.45, 7) is 8.19. The van der Waals surface area contributed by atoms with Crippen molar-refractivity contribution in [3.8, 4) is 5.88 Å². The van der Waals surface area contributed by atoms with Crippen LogP contribution >= 0.6 is 0 Å². The van der Waals surface area contributed by atoms with E-state index in [1.165, 1.54) is 32.4 Å². The number of anilines is 1.